The van der Waals surface area contributed by atoms with Crippen molar-refractivity contribution >= 4 is 11.9 Å². The first-order valence-electron chi connectivity index (χ1n) is 7.80. The average molecular weight is 312 g/mol. The van der Waals surface area contributed by atoms with Gasteiger partial charge in [0.05, 0.1) is 27.6 Å². The Morgan fingerprint density at radius 2 is 1.86 bits per heavy atom. The number of aliphatic carboxylic acids is 1. The van der Waals surface area contributed by atoms with Crippen LogP contribution in [0.25, 0.3) is 0 Å². The highest BCUT2D eigenvalue weighted by molar-refractivity contribution is 5.82. The van der Waals surface area contributed by atoms with Crippen LogP contribution in [-0.2, 0) is 14.3 Å². The van der Waals surface area contributed by atoms with E-state index in [1.807, 2.05) is 33.3 Å². The molecule has 0 aromatic carbocycles. The summed E-state index contributed by atoms with van der Waals surface area (Å²) in [5.41, 5.74) is 0. The third kappa shape index (κ3) is 13.4. The van der Waals surface area contributed by atoms with Crippen molar-refractivity contribution in [3.63, 3.8) is 0 Å². The Labute approximate surface area is 133 Å². The number of quaternary nitrogens is 1. The van der Waals surface area contributed by atoms with Crippen molar-refractivity contribution in [2.45, 2.75) is 45.1 Å². The van der Waals surface area contributed by atoms with E-state index in [0.717, 1.165) is 12.8 Å². The van der Waals surface area contributed by atoms with E-state index in [4.69, 9.17) is 9.84 Å². The summed E-state index contributed by atoms with van der Waals surface area (Å²) < 4.78 is 5.76. The van der Waals surface area contributed by atoms with E-state index >= 15 is 0 Å². The van der Waals surface area contributed by atoms with E-state index in [9.17, 15) is 9.59 Å². The first-order chi connectivity index (χ1) is 10.2. The van der Waals surface area contributed by atoms with Gasteiger partial charge in [-0.1, -0.05) is 38.0 Å². The van der Waals surface area contributed by atoms with Crippen LogP contribution in [-0.4, -0.2) is 55.3 Å². The lowest BCUT2D eigenvalue weighted by Crippen LogP contribution is -2.43. The van der Waals surface area contributed by atoms with Gasteiger partial charge >= 0.3 is 11.9 Å². The number of esters is 1. The topological polar surface area (TPSA) is 63.6 Å². The third-order valence-corrected chi connectivity index (χ3v) is 2.89. The Balaban J connectivity index is 4.29. The van der Waals surface area contributed by atoms with Crippen LogP contribution in [0.2, 0.25) is 0 Å². The quantitative estimate of drug-likeness (QED) is 0.209. The zero-order valence-corrected chi connectivity index (χ0v) is 14.2. The van der Waals surface area contributed by atoms with Crippen LogP contribution in [0.1, 0.15) is 39.0 Å². The highest BCUT2D eigenvalue weighted by atomic mass is 16.5. The number of rotatable bonds is 11. The summed E-state index contributed by atoms with van der Waals surface area (Å²) in [6.07, 6.45) is 10.5. The Kier molecular flexibility index (Phi) is 10.2. The number of carboxylic acid groups (broad SMARTS) is 1. The highest BCUT2D eigenvalue weighted by Crippen LogP contribution is 2.06. The van der Waals surface area contributed by atoms with Crippen LogP contribution in [0.3, 0.4) is 0 Å². The van der Waals surface area contributed by atoms with Crippen molar-refractivity contribution in [3.05, 3.63) is 24.3 Å². The summed E-state index contributed by atoms with van der Waals surface area (Å²) in [6.45, 7) is 2.61. The molecule has 0 aliphatic carbocycles. The number of nitrogens with zero attached hydrogens (tertiary/aromatic N) is 1. The molecule has 0 aliphatic rings. The normalized spacial score (nSPS) is 13.6. The van der Waals surface area contributed by atoms with Crippen molar-refractivity contribution in [2.75, 3.05) is 27.7 Å². The molecule has 5 nitrogen and oxygen atoms in total. The molecule has 0 rings (SSSR count). The highest BCUT2D eigenvalue weighted by Gasteiger charge is 2.23. The summed E-state index contributed by atoms with van der Waals surface area (Å²) in [5.74, 6) is -1.47. The van der Waals surface area contributed by atoms with Crippen molar-refractivity contribution in [3.8, 4) is 0 Å². The monoisotopic (exact) mass is 312 g/mol. The largest absolute Gasteiger partial charge is 0.481 e. The van der Waals surface area contributed by atoms with Crippen molar-refractivity contribution in [1.82, 2.24) is 0 Å². The van der Waals surface area contributed by atoms with Gasteiger partial charge in [-0.25, -0.2) is 4.79 Å². The maximum atomic E-state index is 11.7. The van der Waals surface area contributed by atoms with E-state index in [2.05, 4.69) is 6.92 Å². The van der Waals surface area contributed by atoms with Gasteiger partial charge in [-0.3, -0.25) is 4.79 Å². The Morgan fingerprint density at radius 3 is 2.41 bits per heavy atom. The average Bonchev–Trinajstić information content (AvgIpc) is 2.34. The molecule has 0 saturated heterocycles. The molecule has 0 bridgehead atoms. The lowest BCUT2D eigenvalue weighted by atomic mass is 10.2. The first kappa shape index (κ1) is 20.4. The molecule has 0 aromatic heterocycles. The number of carbonyl (C=O) groups excluding carboxylic acids is 1. The Hall–Kier alpha value is -1.62. The molecule has 1 atom stereocenters. The van der Waals surface area contributed by atoms with Crippen molar-refractivity contribution in [1.29, 1.82) is 0 Å². The molecule has 0 spiro atoms. The molecule has 0 amide bonds. The van der Waals surface area contributed by atoms with E-state index in [1.165, 1.54) is 18.9 Å². The second-order valence-corrected chi connectivity index (χ2v) is 6.41. The standard InChI is InChI=1S/C17H29NO4/c1-5-6-7-8-9-10-11-12-17(21)22-15(13-16(19)20)14-18(2,3)4/h9-12,15H,5-8,13-14H2,1-4H3/p+1/t15-/m1/s1. The molecule has 0 heterocycles. The van der Waals surface area contributed by atoms with Gasteiger partial charge in [-0.15, -0.1) is 0 Å². The Bertz CT molecular complexity index is 394. The SMILES string of the molecule is CCCCCC=CC=CC(=O)O[C@H](CC(=O)O)C[N+](C)(C)C. The van der Waals surface area contributed by atoms with Gasteiger partial charge in [0, 0.05) is 6.08 Å². The minimum absolute atomic E-state index is 0.179. The summed E-state index contributed by atoms with van der Waals surface area (Å²) in [6, 6.07) is 0. The van der Waals surface area contributed by atoms with Gasteiger partial charge in [0.1, 0.15) is 6.54 Å². The summed E-state index contributed by atoms with van der Waals surface area (Å²) in [5, 5.41) is 8.88. The summed E-state index contributed by atoms with van der Waals surface area (Å²) in [7, 11) is 5.78. The van der Waals surface area contributed by atoms with E-state index in [1.54, 1.807) is 6.08 Å². The zero-order chi connectivity index (χ0) is 17.0. The van der Waals surface area contributed by atoms with Crippen LogP contribution >= 0.6 is 0 Å². The number of carbonyl (C=O) groups is 2. The van der Waals surface area contributed by atoms with Gasteiger partial charge < -0.3 is 14.3 Å². The number of ether oxygens (including phenoxy) is 1. The number of allylic oxidation sites excluding steroid dienone is 3. The fourth-order valence-electron chi connectivity index (χ4n) is 1.97. The number of hydrogen-bond donors (Lipinski definition) is 1. The van der Waals surface area contributed by atoms with Gasteiger partial charge in [-0.05, 0) is 12.8 Å². The molecule has 0 unspecified atom stereocenters. The van der Waals surface area contributed by atoms with Crippen molar-refractivity contribution < 1.29 is 23.9 Å². The first-order valence-corrected chi connectivity index (χ1v) is 7.80. The fourth-order valence-corrected chi connectivity index (χ4v) is 1.97. The smallest absolute Gasteiger partial charge is 0.331 e. The third-order valence-electron chi connectivity index (χ3n) is 2.89. The van der Waals surface area contributed by atoms with Crippen LogP contribution in [0.15, 0.2) is 24.3 Å². The van der Waals surface area contributed by atoms with E-state index in [0.29, 0.717) is 11.0 Å². The predicted octanol–water partition coefficient (Wildman–Crippen LogP) is 2.77. The predicted molar refractivity (Wildman–Crippen MR) is 87.5 cm³/mol. The van der Waals surface area contributed by atoms with E-state index in [-0.39, 0.29) is 6.42 Å². The molecule has 22 heavy (non-hydrogen) atoms. The minimum Gasteiger partial charge on any atom is -0.481 e. The second kappa shape index (κ2) is 11.0. The number of hydrogen-bond acceptors (Lipinski definition) is 3. The molecular weight excluding hydrogens is 282 g/mol. The maximum Gasteiger partial charge on any atom is 0.331 e. The number of unbranched alkanes of at least 4 members (excludes halogenated alkanes) is 3. The zero-order valence-electron chi connectivity index (χ0n) is 14.2. The molecule has 0 aromatic rings. The van der Waals surface area contributed by atoms with Crippen LogP contribution in [0.4, 0.5) is 0 Å². The summed E-state index contributed by atoms with van der Waals surface area (Å²) in [4.78, 5) is 22.5. The molecular formula is C17H30NO4+. The van der Waals surface area contributed by atoms with Crippen molar-refractivity contribution in [2.24, 2.45) is 0 Å². The second-order valence-electron chi connectivity index (χ2n) is 6.41. The number of likely N-dealkylation sites (N-methyl/N-ethyl adjacent to an activating group) is 1. The molecule has 1 N–H and O–H groups in total. The van der Waals surface area contributed by atoms with Crippen LogP contribution in [0.5, 0.6) is 0 Å². The molecule has 5 heteroatoms. The lowest BCUT2D eigenvalue weighted by molar-refractivity contribution is -0.873. The molecule has 0 aliphatic heterocycles. The summed E-state index contributed by atoms with van der Waals surface area (Å²) >= 11 is 0. The van der Waals surface area contributed by atoms with Gasteiger partial charge in [0.25, 0.3) is 0 Å². The van der Waals surface area contributed by atoms with Crippen LogP contribution < -0.4 is 0 Å². The van der Waals surface area contributed by atoms with Crippen LogP contribution in [0, 0.1) is 0 Å². The maximum absolute atomic E-state index is 11.7. The molecule has 0 saturated carbocycles. The molecule has 126 valence electrons. The van der Waals surface area contributed by atoms with Gasteiger partial charge in [0.2, 0.25) is 0 Å². The molecule has 0 radical (unpaired) electrons. The van der Waals surface area contributed by atoms with Gasteiger partial charge in [0.15, 0.2) is 6.10 Å². The fraction of sp³-hybridized carbons (Fsp3) is 0.647. The minimum atomic E-state index is -0.967. The molecule has 0 fully saturated rings. The lowest BCUT2D eigenvalue weighted by Gasteiger charge is -2.28. The van der Waals surface area contributed by atoms with E-state index < -0.39 is 18.0 Å². The number of carboxylic acids is 1. The van der Waals surface area contributed by atoms with Gasteiger partial charge in [-0.2, -0.15) is 0 Å². The Morgan fingerprint density at radius 1 is 1.18 bits per heavy atom.